The predicted octanol–water partition coefficient (Wildman–Crippen LogP) is 5.89. The molecule has 27 heavy (non-hydrogen) atoms. The molecule has 5 heteroatoms. The van der Waals surface area contributed by atoms with Gasteiger partial charge in [-0.05, 0) is 12.3 Å². The summed E-state index contributed by atoms with van der Waals surface area (Å²) >= 11 is 0. The Morgan fingerprint density at radius 2 is 1.30 bits per heavy atom. The number of carboxylic acids is 1. The van der Waals surface area contributed by atoms with Crippen molar-refractivity contribution in [1.29, 1.82) is 0 Å². The molecular formula is C22H40O5. The summed E-state index contributed by atoms with van der Waals surface area (Å²) in [4.78, 5) is 33.5. The highest BCUT2D eigenvalue weighted by molar-refractivity contribution is 5.87. The molecule has 0 aliphatic carbocycles. The van der Waals surface area contributed by atoms with Gasteiger partial charge in [0.05, 0.1) is 18.8 Å². The lowest BCUT2D eigenvalue weighted by molar-refractivity contribution is -0.163. The predicted molar refractivity (Wildman–Crippen MR) is 107 cm³/mol. The summed E-state index contributed by atoms with van der Waals surface area (Å²) in [6, 6.07) is 0. The van der Waals surface area contributed by atoms with E-state index in [-0.39, 0.29) is 18.8 Å². The van der Waals surface area contributed by atoms with Crippen LogP contribution in [-0.2, 0) is 19.1 Å². The van der Waals surface area contributed by atoms with Crippen LogP contribution in [0.15, 0.2) is 0 Å². The Balaban J connectivity index is 3.56. The van der Waals surface area contributed by atoms with E-state index < -0.39 is 17.9 Å². The van der Waals surface area contributed by atoms with Crippen molar-refractivity contribution in [3.8, 4) is 0 Å². The zero-order valence-corrected chi connectivity index (χ0v) is 17.6. The van der Waals surface area contributed by atoms with E-state index in [1.54, 1.807) is 6.92 Å². The van der Waals surface area contributed by atoms with Gasteiger partial charge in [-0.3, -0.25) is 14.4 Å². The minimum Gasteiger partial charge on any atom is -0.481 e. The topological polar surface area (TPSA) is 80.7 Å². The number of ether oxygens (including phenoxy) is 1. The fraction of sp³-hybridized carbons (Fsp3) is 0.864. The fourth-order valence-electron chi connectivity index (χ4n) is 3.13. The Bertz CT molecular complexity index is 419. The molecule has 0 rings (SSSR count). The van der Waals surface area contributed by atoms with Crippen molar-refractivity contribution in [1.82, 2.24) is 0 Å². The smallest absolute Gasteiger partial charge is 0.316 e. The second-order valence-corrected chi connectivity index (χ2v) is 7.89. The largest absolute Gasteiger partial charge is 0.481 e. The molecule has 2 unspecified atom stereocenters. The Hall–Kier alpha value is -1.39. The number of hydrogen-bond acceptors (Lipinski definition) is 4. The molecule has 0 spiro atoms. The molecule has 0 aliphatic heterocycles. The monoisotopic (exact) mass is 384 g/mol. The summed E-state index contributed by atoms with van der Waals surface area (Å²) in [6.45, 7) is 6.37. The van der Waals surface area contributed by atoms with E-state index in [0.29, 0.717) is 6.42 Å². The van der Waals surface area contributed by atoms with E-state index in [4.69, 9.17) is 5.11 Å². The van der Waals surface area contributed by atoms with Gasteiger partial charge in [0.2, 0.25) is 0 Å². The SMILES string of the molecule is CCCCCC(C)CCCCCCCCC(C)C(=O)OC(=O)CCC(=O)O. The van der Waals surface area contributed by atoms with Gasteiger partial charge in [-0.15, -0.1) is 0 Å². The maximum atomic E-state index is 11.8. The molecule has 0 aromatic rings. The second kappa shape index (κ2) is 16.8. The first-order chi connectivity index (χ1) is 12.9. The van der Waals surface area contributed by atoms with E-state index in [1.807, 2.05) is 0 Å². The van der Waals surface area contributed by atoms with Crippen LogP contribution in [0.25, 0.3) is 0 Å². The molecular weight excluding hydrogens is 344 g/mol. The van der Waals surface area contributed by atoms with Gasteiger partial charge in [-0.25, -0.2) is 0 Å². The van der Waals surface area contributed by atoms with Gasteiger partial charge in [0.25, 0.3) is 0 Å². The summed E-state index contributed by atoms with van der Waals surface area (Å²) in [5, 5.41) is 8.50. The standard InChI is InChI=1S/C22H40O5/c1-4-5-10-13-18(2)14-11-8-6-7-9-12-15-19(3)22(26)27-21(25)17-16-20(23)24/h18-19H,4-17H2,1-3H3,(H,23,24). The summed E-state index contributed by atoms with van der Waals surface area (Å²) in [6.07, 6.45) is 13.9. The maximum absolute atomic E-state index is 11.8. The molecule has 0 saturated heterocycles. The first-order valence-corrected chi connectivity index (χ1v) is 10.8. The van der Waals surface area contributed by atoms with Crippen molar-refractivity contribution >= 4 is 17.9 Å². The summed E-state index contributed by atoms with van der Waals surface area (Å²) in [5.74, 6) is -1.83. The Labute approximate surface area is 165 Å². The van der Waals surface area contributed by atoms with Crippen LogP contribution in [0.3, 0.4) is 0 Å². The molecule has 158 valence electrons. The first-order valence-electron chi connectivity index (χ1n) is 10.8. The van der Waals surface area contributed by atoms with Gasteiger partial charge in [0, 0.05) is 0 Å². The van der Waals surface area contributed by atoms with Gasteiger partial charge in [0.1, 0.15) is 0 Å². The Morgan fingerprint density at radius 1 is 0.778 bits per heavy atom. The van der Waals surface area contributed by atoms with Crippen LogP contribution in [-0.4, -0.2) is 23.0 Å². The van der Waals surface area contributed by atoms with Crippen LogP contribution in [0.5, 0.6) is 0 Å². The maximum Gasteiger partial charge on any atom is 0.316 e. The number of rotatable bonds is 17. The van der Waals surface area contributed by atoms with E-state index >= 15 is 0 Å². The van der Waals surface area contributed by atoms with Crippen molar-refractivity contribution in [3.05, 3.63) is 0 Å². The highest BCUT2D eigenvalue weighted by atomic mass is 16.6. The van der Waals surface area contributed by atoms with Crippen LogP contribution in [0.1, 0.15) is 111 Å². The molecule has 0 aromatic carbocycles. The number of carbonyl (C=O) groups is 3. The second-order valence-electron chi connectivity index (χ2n) is 7.89. The fourth-order valence-corrected chi connectivity index (χ4v) is 3.13. The number of carboxylic acid groups (broad SMARTS) is 1. The molecule has 2 atom stereocenters. The molecule has 0 fully saturated rings. The van der Waals surface area contributed by atoms with Crippen LogP contribution in [0.4, 0.5) is 0 Å². The minimum atomic E-state index is -1.07. The van der Waals surface area contributed by atoms with Crippen molar-refractivity contribution in [2.45, 2.75) is 111 Å². The molecule has 0 aromatic heterocycles. The molecule has 0 radical (unpaired) electrons. The normalized spacial score (nSPS) is 13.1. The number of aliphatic carboxylic acids is 1. The number of hydrogen-bond donors (Lipinski definition) is 1. The lowest BCUT2D eigenvalue weighted by Crippen LogP contribution is -2.19. The van der Waals surface area contributed by atoms with Crippen molar-refractivity contribution in [2.24, 2.45) is 11.8 Å². The van der Waals surface area contributed by atoms with Gasteiger partial charge >= 0.3 is 17.9 Å². The molecule has 5 nitrogen and oxygen atoms in total. The summed E-state index contributed by atoms with van der Waals surface area (Å²) < 4.78 is 4.69. The Morgan fingerprint density at radius 3 is 1.85 bits per heavy atom. The van der Waals surface area contributed by atoms with Crippen LogP contribution >= 0.6 is 0 Å². The van der Waals surface area contributed by atoms with Crippen molar-refractivity contribution < 1.29 is 24.2 Å². The summed E-state index contributed by atoms with van der Waals surface area (Å²) in [5.41, 5.74) is 0. The van der Waals surface area contributed by atoms with Crippen molar-refractivity contribution in [2.75, 3.05) is 0 Å². The third kappa shape index (κ3) is 16.5. The summed E-state index contributed by atoms with van der Waals surface area (Å²) in [7, 11) is 0. The van der Waals surface area contributed by atoms with Gasteiger partial charge in [-0.2, -0.15) is 0 Å². The van der Waals surface area contributed by atoms with Gasteiger partial charge < -0.3 is 9.84 Å². The Kier molecular flexibility index (Phi) is 15.9. The lowest BCUT2D eigenvalue weighted by Gasteiger charge is -2.11. The molecule has 0 heterocycles. The zero-order chi connectivity index (χ0) is 20.5. The van der Waals surface area contributed by atoms with Crippen LogP contribution < -0.4 is 0 Å². The number of esters is 2. The van der Waals surface area contributed by atoms with E-state index in [0.717, 1.165) is 18.8 Å². The molecule has 0 saturated carbocycles. The average Bonchev–Trinajstić information content (AvgIpc) is 2.62. The molecule has 0 aliphatic rings. The van der Waals surface area contributed by atoms with E-state index in [1.165, 1.54) is 57.8 Å². The van der Waals surface area contributed by atoms with Gasteiger partial charge in [-0.1, -0.05) is 91.4 Å². The third-order valence-electron chi connectivity index (χ3n) is 5.04. The van der Waals surface area contributed by atoms with Crippen molar-refractivity contribution in [3.63, 3.8) is 0 Å². The molecule has 0 bridgehead atoms. The van der Waals surface area contributed by atoms with Crippen LogP contribution in [0.2, 0.25) is 0 Å². The number of carbonyl (C=O) groups excluding carboxylic acids is 2. The van der Waals surface area contributed by atoms with Crippen LogP contribution in [0, 0.1) is 11.8 Å². The van der Waals surface area contributed by atoms with E-state index in [2.05, 4.69) is 18.6 Å². The van der Waals surface area contributed by atoms with E-state index in [9.17, 15) is 14.4 Å². The zero-order valence-electron chi connectivity index (χ0n) is 17.6. The quantitative estimate of drug-likeness (QED) is 0.192. The highest BCUT2D eigenvalue weighted by Crippen LogP contribution is 2.18. The minimum absolute atomic E-state index is 0.259. The molecule has 0 amide bonds. The third-order valence-corrected chi connectivity index (χ3v) is 5.04. The highest BCUT2D eigenvalue weighted by Gasteiger charge is 2.18. The first kappa shape index (κ1) is 25.6. The number of unbranched alkanes of at least 4 members (excludes halogenated alkanes) is 7. The average molecular weight is 385 g/mol. The lowest BCUT2D eigenvalue weighted by atomic mass is 9.96. The molecule has 1 N–H and O–H groups in total. The van der Waals surface area contributed by atoms with Gasteiger partial charge in [0.15, 0.2) is 0 Å².